The summed E-state index contributed by atoms with van der Waals surface area (Å²) in [6, 6.07) is 5.06. The number of carbonyl (C=O) groups is 2. The number of carbonyl (C=O) groups excluding carboxylic acids is 1. The summed E-state index contributed by atoms with van der Waals surface area (Å²) in [5.41, 5.74) is 0.489. The number of carboxylic acid groups (broad SMARTS) is 1. The molecule has 1 atom stereocenters. The molecule has 1 aromatic heterocycles. The van der Waals surface area contributed by atoms with Gasteiger partial charge in [-0.3, -0.25) is 4.79 Å². The molecule has 2 N–H and O–H groups in total. The Kier molecular flexibility index (Phi) is 5.73. The average molecular weight is 262 g/mol. The largest absolute Gasteiger partial charge is 0.478 e. The highest BCUT2D eigenvalue weighted by molar-refractivity contribution is 5.91. The lowest BCUT2D eigenvalue weighted by Crippen LogP contribution is -2.20. The van der Waals surface area contributed by atoms with Crippen LogP contribution in [0.15, 0.2) is 24.3 Å². The van der Waals surface area contributed by atoms with E-state index in [9.17, 15) is 9.59 Å². The van der Waals surface area contributed by atoms with Crippen LogP contribution in [0.2, 0.25) is 0 Å². The number of anilines is 1. The number of hydrogen-bond acceptors (Lipinski definition) is 3. The lowest BCUT2D eigenvalue weighted by atomic mass is 10.1. The molecule has 102 valence electrons. The van der Waals surface area contributed by atoms with Crippen LogP contribution in [0.4, 0.5) is 5.82 Å². The van der Waals surface area contributed by atoms with E-state index in [1.54, 1.807) is 18.2 Å². The van der Waals surface area contributed by atoms with E-state index in [1.165, 1.54) is 6.08 Å². The fourth-order valence-electron chi connectivity index (χ4n) is 1.58. The van der Waals surface area contributed by atoms with E-state index in [1.807, 2.05) is 13.8 Å². The molecule has 0 aromatic carbocycles. The summed E-state index contributed by atoms with van der Waals surface area (Å²) in [6.07, 6.45) is 4.16. The summed E-state index contributed by atoms with van der Waals surface area (Å²) < 4.78 is 0. The smallest absolute Gasteiger partial charge is 0.328 e. The standard InChI is InChI=1S/C14H18N2O3/c1-3-5-10(2)14(19)16-12-7-4-6-11(15-12)8-9-13(17)18/h4,6-10H,3,5H2,1-2H3,(H,17,18)(H,15,16,19)/b9-8+. The lowest BCUT2D eigenvalue weighted by Gasteiger charge is -2.10. The maximum atomic E-state index is 11.8. The van der Waals surface area contributed by atoms with Crippen molar-refractivity contribution in [3.63, 3.8) is 0 Å². The van der Waals surface area contributed by atoms with Gasteiger partial charge in [0.05, 0.1) is 5.69 Å². The van der Waals surface area contributed by atoms with Crippen molar-refractivity contribution in [2.24, 2.45) is 5.92 Å². The van der Waals surface area contributed by atoms with E-state index in [0.717, 1.165) is 18.9 Å². The zero-order chi connectivity index (χ0) is 14.3. The fourth-order valence-corrected chi connectivity index (χ4v) is 1.58. The molecule has 5 heteroatoms. The van der Waals surface area contributed by atoms with Crippen molar-refractivity contribution in [2.45, 2.75) is 26.7 Å². The van der Waals surface area contributed by atoms with Gasteiger partial charge in [-0.2, -0.15) is 0 Å². The highest BCUT2D eigenvalue weighted by Crippen LogP contribution is 2.11. The minimum Gasteiger partial charge on any atom is -0.478 e. The maximum Gasteiger partial charge on any atom is 0.328 e. The third-order valence-corrected chi connectivity index (χ3v) is 2.59. The van der Waals surface area contributed by atoms with Crippen molar-refractivity contribution in [3.8, 4) is 0 Å². The monoisotopic (exact) mass is 262 g/mol. The number of hydrogen-bond donors (Lipinski definition) is 2. The first kappa shape index (κ1) is 14.9. The third-order valence-electron chi connectivity index (χ3n) is 2.59. The molecule has 0 saturated carbocycles. The van der Waals surface area contributed by atoms with Crippen molar-refractivity contribution in [3.05, 3.63) is 30.0 Å². The van der Waals surface area contributed by atoms with Crippen molar-refractivity contribution in [1.29, 1.82) is 0 Å². The van der Waals surface area contributed by atoms with Crippen LogP contribution in [0.3, 0.4) is 0 Å². The molecule has 1 aromatic rings. The molecule has 0 aliphatic rings. The molecular weight excluding hydrogens is 244 g/mol. The van der Waals surface area contributed by atoms with Gasteiger partial charge in [0, 0.05) is 12.0 Å². The van der Waals surface area contributed by atoms with Gasteiger partial charge in [0.1, 0.15) is 5.82 Å². The van der Waals surface area contributed by atoms with E-state index < -0.39 is 5.97 Å². The molecule has 0 spiro atoms. The number of pyridine rings is 1. The van der Waals surface area contributed by atoms with Gasteiger partial charge < -0.3 is 10.4 Å². The molecule has 0 bridgehead atoms. The number of carboxylic acids is 1. The summed E-state index contributed by atoms with van der Waals surface area (Å²) >= 11 is 0. The maximum absolute atomic E-state index is 11.8. The van der Waals surface area contributed by atoms with Crippen LogP contribution in [0.1, 0.15) is 32.4 Å². The van der Waals surface area contributed by atoms with Crippen LogP contribution >= 0.6 is 0 Å². The Bertz CT molecular complexity index is 483. The molecule has 0 fully saturated rings. The summed E-state index contributed by atoms with van der Waals surface area (Å²) in [5.74, 6) is -0.743. The zero-order valence-electron chi connectivity index (χ0n) is 11.1. The summed E-state index contributed by atoms with van der Waals surface area (Å²) in [6.45, 7) is 3.90. The van der Waals surface area contributed by atoms with Gasteiger partial charge >= 0.3 is 5.97 Å². The Balaban J connectivity index is 2.72. The molecule has 0 radical (unpaired) electrons. The number of nitrogens with zero attached hydrogens (tertiary/aromatic N) is 1. The number of amides is 1. The summed E-state index contributed by atoms with van der Waals surface area (Å²) in [5, 5.41) is 11.3. The van der Waals surface area contributed by atoms with E-state index >= 15 is 0 Å². The van der Waals surface area contributed by atoms with E-state index in [0.29, 0.717) is 11.5 Å². The minimum absolute atomic E-state index is 0.0648. The van der Waals surface area contributed by atoms with Gasteiger partial charge in [-0.05, 0) is 24.6 Å². The van der Waals surface area contributed by atoms with Gasteiger partial charge in [0.2, 0.25) is 5.91 Å². The average Bonchev–Trinajstić information content (AvgIpc) is 2.37. The van der Waals surface area contributed by atoms with Crippen LogP contribution in [-0.2, 0) is 9.59 Å². The quantitative estimate of drug-likeness (QED) is 0.772. The number of nitrogens with one attached hydrogen (secondary N) is 1. The van der Waals surface area contributed by atoms with Crippen LogP contribution in [0.25, 0.3) is 6.08 Å². The first-order chi connectivity index (χ1) is 9.02. The molecule has 0 aliphatic carbocycles. The molecule has 1 rings (SSSR count). The highest BCUT2D eigenvalue weighted by Gasteiger charge is 2.12. The predicted molar refractivity (Wildman–Crippen MR) is 73.6 cm³/mol. The molecule has 1 unspecified atom stereocenters. The predicted octanol–water partition coefficient (Wildman–Crippen LogP) is 2.55. The molecular formula is C14H18N2O3. The van der Waals surface area contributed by atoms with Crippen molar-refractivity contribution in [1.82, 2.24) is 4.98 Å². The van der Waals surface area contributed by atoms with Gasteiger partial charge in [-0.15, -0.1) is 0 Å². The van der Waals surface area contributed by atoms with E-state index in [2.05, 4.69) is 10.3 Å². The lowest BCUT2D eigenvalue weighted by molar-refractivity contribution is -0.131. The van der Waals surface area contributed by atoms with Gasteiger partial charge in [-0.25, -0.2) is 9.78 Å². The van der Waals surface area contributed by atoms with Crippen molar-refractivity contribution < 1.29 is 14.7 Å². The second-order valence-electron chi connectivity index (χ2n) is 4.30. The van der Waals surface area contributed by atoms with Gasteiger partial charge in [-0.1, -0.05) is 26.3 Å². The van der Waals surface area contributed by atoms with E-state index in [-0.39, 0.29) is 11.8 Å². The second-order valence-corrected chi connectivity index (χ2v) is 4.30. The van der Waals surface area contributed by atoms with Crippen LogP contribution < -0.4 is 5.32 Å². The van der Waals surface area contributed by atoms with Crippen molar-refractivity contribution >= 4 is 23.8 Å². The first-order valence-electron chi connectivity index (χ1n) is 6.22. The highest BCUT2D eigenvalue weighted by atomic mass is 16.4. The first-order valence-corrected chi connectivity index (χ1v) is 6.22. The fraction of sp³-hybridized carbons (Fsp3) is 0.357. The molecule has 0 saturated heterocycles. The molecule has 0 aliphatic heterocycles. The minimum atomic E-state index is -1.03. The molecule has 1 heterocycles. The number of aliphatic carboxylic acids is 1. The SMILES string of the molecule is CCCC(C)C(=O)Nc1cccc(/C=C/C(=O)O)n1. The third kappa shape index (κ3) is 5.33. The number of rotatable bonds is 6. The van der Waals surface area contributed by atoms with E-state index in [4.69, 9.17) is 5.11 Å². The van der Waals surface area contributed by atoms with Gasteiger partial charge in [0.25, 0.3) is 0 Å². The Morgan fingerprint density at radius 2 is 2.21 bits per heavy atom. The topological polar surface area (TPSA) is 79.3 Å². The van der Waals surface area contributed by atoms with Gasteiger partial charge in [0.15, 0.2) is 0 Å². The number of aromatic nitrogens is 1. The second kappa shape index (κ2) is 7.31. The summed E-state index contributed by atoms with van der Waals surface area (Å²) in [7, 11) is 0. The molecule has 19 heavy (non-hydrogen) atoms. The van der Waals surface area contributed by atoms with Crippen LogP contribution in [0.5, 0.6) is 0 Å². The Morgan fingerprint density at radius 1 is 1.47 bits per heavy atom. The van der Waals surface area contributed by atoms with Crippen LogP contribution in [-0.4, -0.2) is 22.0 Å². The Labute approximate surface area is 112 Å². The Morgan fingerprint density at radius 3 is 2.84 bits per heavy atom. The summed E-state index contributed by atoms with van der Waals surface area (Å²) in [4.78, 5) is 26.4. The van der Waals surface area contributed by atoms with Crippen LogP contribution in [0, 0.1) is 5.92 Å². The molecule has 1 amide bonds. The zero-order valence-corrected chi connectivity index (χ0v) is 11.1. The van der Waals surface area contributed by atoms with Crippen molar-refractivity contribution in [2.75, 3.05) is 5.32 Å². The Hall–Kier alpha value is -2.17. The normalized spacial score (nSPS) is 12.3. The molecule has 5 nitrogen and oxygen atoms in total.